The summed E-state index contributed by atoms with van der Waals surface area (Å²) in [6, 6.07) is 4.45. The number of nitrogens with one attached hydrogen (secondary N) is 1. The van der Waals surface area contributed by atoms with Gasteiger partial charge in [-0.1, -0.05) is 16.8 Å². The normalized spacial score (nSPS) is 22.9. The second-order valence-corrected chi connectivity index (χ2v) is 5.13. The summed E-state index contributed by atoms with van der Waals surface area (Å²) in [5, 5.41) is 7.55. The third kappa shape index (κ3) is 2.35. The van der Waals surface area contributed by atoms with E-state index in [1.165, 1.54) is 12.1 Å². The van der Waals surface area contributed by atoms with Gasteiger partial charge in [-0.2, -0.15) is 4.98 Å². The van der Waals surface area contributed by atoms with Gasteiger partial charge in [0.15, 0.2) is 0 Å². The molecule has 2 unspecified atom stereocenters. The average Bonchev–Trinajstić information content (AvgIpc) is 2.97. The highest BCUT2D eigenvalue weighted by Crippen LogP contribution is 2.30. The lowest BCUT2D eigenvalue weighted by Crippen LogP contribution is -2.21. The maximum Gasteiger partial charge on any atom is 0.231 e. The molecule has 0 radical (unpaired) electrons. The van der Waals surface area contributed by atoms with E-state index >= 15 is 0 Å². The van der Waals surface area contributed by atoms with Crippen LogP contribution in [0, 0.1) is 5.82 Å². The van der Waals surface area contributed by atoms with Crippen molar-refractivity contribution in [3.8, 4) is 11.4 Å². The maximum atomic E-state index is 13.0. The summed E-state index contributed by atoms with van der Waals surface area (Å²) < 4.78 is 18.3. The van der Waals surface area contributed by atoms with Crippen LogP contribution in [0.1, 0.15) is 25.2 Å². The van der Waals surface area contributed by atoms with Crippen molar-refractivity contribution in [3.63, 3.8) is 0 Å². The third-order valence-corrected chi connectivity index (χ3v) is 3.77. The van der Waals surface area contributed by atoms with Crippen molar-refractivity contribution < 1.29 is 8.91 Å². The molecule has 2 aromatic rings. The van der Waals surface area contributed by atoms with E-state index in [1.807, 2.05) is 0 Å². The van der Waals surface area contributed by atoms with Crippen LogP contribution in [0.15, 0.2) is 22.7 Å². The zero-order chi connectivity index (χ0) is 13.4. The van der Waals surface area contributed by atoms with Gasteiger partial charge in [0.1, 0.15) is 5.82 Å². The number of nitrogens with zero attached hydrogens (tertiary/aromatic N) is 2. The molecular weight excluding hydrogens is 269 g/mol. The Morgan fingerprint density at radius 2 is 2.32 bits per heavy atom. The Labute approximate surface area is 115 Å². The minimum atomic E-state index is -0.383. The molecular formula is C13H13ClFN3O. The van der Waals surface area contributed by atoms with Crippen molar-refractivity contribution in [1.82, 2.24) is 15.5 Å². The van der Waals surface area contributed by atoms with Crippen LogP contribution < -0.4 is 5.32 Å². The zero-order valence-electron chi connectivity index (χ0n) is 10.4. The Morgan fingerprint density at radius 1 is 1.47 bits per heavy atom. The summed E-state index contributed by atoms with van der Waals surface area (Å²) in [4.78, 5) is 4.38. The van der Waals surface area contributed by atoms with Crippen LogP contribution >= 0.6 is 11.6 Å². The van der Waals surface area contributed by atoms with Crippen LogP contribution in [0.2, 0.25) is 5.02 Å². The zero-order valence-corrected chi connectivity index (χ0v) is 11.1. The lowest BCUT2D eigenvalue weighted by atomic mass is 10.0. The van der Waals surface area contributed by atoms with Crippen molar-refractivity contribution >= 4 is 11.6 Å². The van der Waals surface area contributed by atoms with Gasteiger partial charge in [0.05, 0.1) is 10.9 Å². The van der Waals surface area contributed by atoms with E-state index in [4.69, 9.17) is 16.1 Å². The first-order chi connectivity index (χ1) is 9.15. The highest BCUT2D eigenvalue weighted by molar-refractivity contribution is 6.33. The molecule has 6 heteroatoms. The molecule has 1 N–H and O–H groups in total. The van der Waals surface area contributed by atoms with Gasteiger partial charge >= 0.3 is 0 Å². The maximum absolute atomic E-state index is 13.0. The highest BCUT2D eigenvalue weighted by atomic mass is 35.5. The van der Waals surface area contributed by atoms with Crippen molar-refractivity contribution in [1.29, 1.82) is 0 Å². The molecule has 0 saturated carbocycles. The van der Waals surface area contributed by atoms with Crippen molar-refractivity contribution in [2.75, 3.05) is 6.54 Å². The van der Waals surface area contributed by atoms with E-state index in [0.29, 0.717) is 23.3 Å². The first kappa shape index (κ1) is 12.6. The van der Waals surface area contributed by atoms with Crippen LogP contribution in [0.5, 0.6) is 0 Å². The summed E-state index contributed by atoms with van der Waals surface area (Å²) in [5.41, 5.74) is 0.580. The molecule has 1 aliphatic heterocycles. The molecule has 0 bridgehead atoms. The summed E-state index contributed by atoms with van der Waals surface area (Å²) in [6.07, 6.45) is 0.972. The average molecular weight is 282 g/mol. The SMILES string of the molecule is CC1NCCC1c1nc(-c2ccc(F)cc2Cl)no1. The topological polar surface area (TPSA) is 51.0 Å². The number of hydrogen-bond acceptors (Lipinski definition) is 4. The van der Waals surface area contributed by atoms with E-state index in [1.54, 1.807) is 6.07 Å². The van der Waals surface area contributed by atoms with Crippen LogP contribution in [0.4, 0.5) is 4.39 Å². The third-order valence-electron chi connectivity index (χ3n) is 3.46. The quantitative estimate of drug-likeness (QED) is 0.919. The largest absolute Gasteiger partial charge is 0.339 e. The molecule has 1 aliphatic rings. The van der Waals surface area contributed by atoms with Gasteiger partial charge in [-0.15, -0.1) is 0 Å². The summed E-state index contributed by atoms with van der Waals surface area (Å²) in [5.74, 6) is 0.846. The fraction of sp³-hybridized carbons (Fsp3) is 0.385. The van der Waals surface area contributed by atoms with Gasteiger partial charge in [-0.25, -0.2) is 4.39 Å². The number of halogens is 2. The van der Waals surface area contributed by atoms with Gasteiger partial charge in [0, 0.05) is 11.6 Å². The van der Waals surface area contributed by atoms with Crippen LogP contribution in [-0.4, -0.2) is 22.7 Å². The smallest absolute Gasteiger partial charge is 0.231 e. The van der Waals surface area contributed by atoms with Gasteiger partial charge in [-0.3, -0.25) is 0 Å². The molecule has 2 atom stereocenters. The monoisotopic (exact) mass is 281 g/mol. The molecule has 100 valence electrons. The second-order valence-electron chi connectivity index (χ2n) is 4.72. The molecule has 1 saturated heterocycles. The molecule has 0 spiro atoms. The Bertz CT molecular complexity index is 601. The standard InChI is InChI=1S/C13H13ClFN3O/c1-7-9(4-5-16-7)13-17-12(18-19-13)10-3-2-8(15)6-11(10)14/h2-3,6-7,9,16H,4-5H2,1H3. The van der Waals surface area contributed by atoms with Crippen molar-refractivity contribution in [2.45, 2.75) is 25.3 Å². The Hall–Kier alpha value is -1.46. The summed E-state index contributed by atoms with van der Waals surface area (Å²) in [7, 11) is 0. The van der Waals surface area contributed by atoms with E-state index in [9.17, 15) is 4.39 Å². The van der Waals surface area contributed by atoms with E-state index in [2.05, 4.69) is 22.4 Å². The van der Waals surface area contributed by atoms with Gasteiger partial charge < -0.3 is 9.84 Å². The first-order valence-corrected chi connectivity index (χ1v) is 6.55. The molecule has 19 heavy (non-hydrogen) atoms. The second kappa shape index (κ2) is 4.90. The lowest BCUT2D eigenvalue weighted by molar-refractivity contribution is 0.345. The molecule has 2 heterocycles. The van der Waals surface area contributed by atoms with Crippen LogP contribution in [0.25, 0.3) is 11.4 Å². The first-order valence-electron chi connectivity index (χ1n) is 6.17. The van der Waals surface area contributed by atoms with Gasteiger partial charge in [0.25, 0.3) is 0 Å². The van der Waals surface area contributed by atoms with E-state index in [-0.39, 0.29) is 16.8 Å². The number of hydrogen-bond donors (Lipinski definition) is 1. The Kier molecular flexibility index (Phi) is 3.24. The molecule has 1 aromatic carbocycles. The van der Waals surface area contributed by atoms with E-state index < -0.39 is 0 Å². The molecule has 3 rings (SSSR count). The van der Waals surface area contributed by atoms with Crippen molar-refractivity contribution in [3.05, 3.63) is 34.9 Å². The Morgan fingerprint density at radius 3 is 3.00 bits per heavy atom. The summed E-state index contributed by atoms with van der Waals surface area (Å²) in [6.45, 7) is 3.03. The molecule has 1 aromatic heterocycles. The summed E-state index contributed by atoms with van der Waals surface area (Å²) >= 11 is 5.99. The number of rotatable bonds is 2. The molecule has 0 aliphatic carbocycles. The van der Waals surface area contributed by atoms with Crippen LogP contribution in [-0.2, 0) is 0 Å². The number of benzene rings is 1. The molecule has 1 fully saturated rings. The predicted molar refractivity (Wildman–Crippen MR) is 69.5 cm³/mol. The van der Waals surface area contributed by atoms with E-state index in [0.717, 1.165) is 13.0 Å². The lowest BCUT2D eigenvalue weighted by Gasteiger charge is -2.08. The number of aromatic nitrogens is 2. The van der Waals surface area contributed by atoms with Gasteiger partial charge in [-0.05, 0) is 38.1 Å². The minimum Gasteiger partial charge on any atom is -0.339 e. The van der Waals surface area contributed by atoms with Crippen molar-refractivity contribution in [2.24, 2.45) is 0 Å². The molecule has 0 amide bonds. The van der Waals surface area contributed by atoms with Crippen LogP contribution in [0.3, 0.4) is 0 Å². The predicted octanol–water partition coefficient (Wildman–Crippen LogP) is 2.99. The fourth-order valence-corrected chi connectivity index (χ4v) is 2.61. The van der Waals surface area contributed by atoms with Gasteiger partial charge in [0.2, 0.25) is 11.7 Å². The Balaban J connectivity index is 1.92. The fourth-order valence-electron chi connectivity index (χ4n) is 2.36. The minimum absolute atomic E-state index is 0.223. The highest BCUT2D eigenvalue weighted by Gasteiger charge is 2.29. The molecule has 4 nitrogen and oxygen atoms in total.